The molecule has 3 rings (SSSR count). The smallest absolute Gasteiger partial charge is 0.338 e. The highest BCUT2D eigenvalue weighted by molar-refractivity contribution is 7.89. The molecule has 1 fully saturated rings. The van der Waals surface area contributed by atoms with Gasteiger partial charge in [0.25, 0.3) is 5.91 Å². The number of sulfonamides is 1. The van der Waals surface area contributed by atoms with Crippen LogP contribution in [0.3, 0.4) is 0 Å². The highest BCUT2D eigenvalue weighted by Crippen LogP contribution is 2.29. The van der Waals surface area contributed by atoms with E-state index < -0.39 is 28.5 Å². The number of hydrogen-bond acceptors (Lipinski definition) is 6. The van der Waals surface area contributed by atoms with E-state index in [4.69, 9.17) is 9.47 Å². The van der Waals surface area contributed by atoms with Crippen molar-refractivity contribution in [3.8, 4) is 5.75 Å². The van der Waals surface area contributed by atoms with Crippen LogP contribution < -0.4 is 10.1 Å². The van der Waals surface area contributed by atoms with Crippen LogP contribution in [0.2, 0.25) is 0 Å². The van der Waals surface area contributed by atoms with Gasteiger partial charge < -0.3 is 14.8 Å². The topological polar surface area (TPSA) is 102 Å². The lowest BCUT2D eigenvalue weighted by Crippen LogP contribution is -2.32. The average molecular weight is 475 g/mol. The van der Waals surface area contributed by atoms with Gasteiger partial charge in [-0.2, -0.15) is 4.31 Å². The van der Waals surface area contributed by atoms with E-state index in [0.29, 0.717) is 18.8 Å². The van der Waals surface area contributed by atoms with Gasteiger partial charge in [-0.1, -0.05) is 25.0 Å². The Bertz CT molecular complexity index is 1120. The number of carbonyl (C=O) groups is 2. The second-order valence-corrected chi connectivity index (χ2v) is 10.0. The molecule has 178 valence electrons. The fraction of sp³-hybridized carbons (Fsp3) is 0.417. The van der Waals surface area contributed by atoms with E-state index in [1.165, 1.54) is 29.6 Å². The fourth-order valence-corrected chi connectivity index (χ4v) is 5.40. The van der Waals surface area contributed by atoms with Gasteiger partial charge in [-0.05, 0) is 62.1 Å². The zero-order chi connectivity index (χ0) is 24.0. The number of nitrogens with zero attached hydrogens (tertiary/aromatic N) is 1. The lowest BCUT2D eigenvalue weighted by atomic mass is 10.1. The molecule has 0 bridgehead atoms. The van der Waals surface area contributed by atoms with E-state index in [0.717, 1.165) is 36.8 Å². The molecule has 1 N–H and O–H groups in total. The predicted octanol–water partition coefficient (Wildman–Crippen LogP) is 3.67. The molecule has 0 radical (unpaired) electrons. The van der Waals surface area contributed by atoms with Crippen LogP contribution in [0.5, 0.6) is 5.75 Å². The first-order chi connectivity index (χ1) is 15.7. The van der Waals surface area contributed by atoms with Crippen molar-refractivity contribution in [2.24, 2.45) is 0 Å². The number of anilines is 1. The summed E-state index contributed by atoms with van der Waals surface area (Å²) < 4.78 is 38.3. The maximum absolute atomic E-state index is 13.3. The Hall–Kier alpha value is -2.91. The summed E-state index contributed by atoms with van der Waals surface area (Å²) in [6.07, 6.45) is 3.55. The summed E-state index contributed by atoms with van der Waals surface area (Å²) in [6, 6.07) is 9.76. The minimum absolute atomic E-state index is 0.0312. The number of ether oxygens (including phenoxy) is 2. The molecule has 0 atom stereocenters. The quantitative estimate of drug-likeness (QED) is 0.615. The minimum Gasteiger partial charge on any atom is -0.495 e. The van der Waals surface area contributed by atoms with Crippen LogP contribution in [-0.4, -0.2) is 51.4 Å². The first-order valence-electron chi connectivity index (χ1n) is 10.9. The minimum atomic E-state index is -3.84. The van der Waals surface area contributed by atoms with Gasteiger partial charge in [-0.3, -0.25) is 4.79 Å². The normalized spacial score (nSPS) is 14.9. The predicted molar refractivity (Wildman–Crippen MR) is 125 cm³/mol. The standard InChI is InChI=1S/C24H30N2O6S/c1-17-8-9-18(2)20(14-17)25-23(27)16-32-24(28)19-10-11-21(31-3)22(15-19)33(29,30)26-12-6-4-5-7-13-26/h8-11,14-15H,4-7,12-13,16H2,1-3H3,(H,25,27). The summed E-state index contributed by atoms with van der Waals surface area (Å²) in [5.74, 6) is -1.12. The number of methoxy groups -OCH3 is 1. The Morgan fingerprint density at radius 2 is 1.70 bits per heavy atom. The molecule has 0 spiro atoms. The molecule has 9 heteroatoms. The van der Waals surface area contributed by atoms with E-state index in [9.17, 15) is 18.0 Å². The Balaban J connectivity index is 1.73. The molecule has 0 unspecified atom stereocenters. The number of hydrogen-bond donors (Lipinski definition) is 1. The summed E-state index contributed by atoms with van der Waals surface area (Å²) in [7, 11) is -2.46. The summed E-state index contributed by atoms with van der Waals surface area (Å²) in [4.78, 5) is 24.8. The van der Waals surface area contributed by atoms with Gasteiger partial charge in [0.2, 0.25) is 10.0 Å². The zero-order valence-electron chi connectivity index (χ0n) is 19.2. The molecule has 2 aromatic carbocycles. The number of benzene rings is 2. The van der Waals surface area contributed by atoms with Crippen LogP contribution in [0.15, 0.2) is 41.3 Å². The molecule has 1 aliphatic rings. The average Bonchev–Trinajstić information content (AvgIpc) is 3.10. The first-order valence-corrected chi connectivity index (χ1v) is 12.4. The molecule has 1 saturated heterocycles. The number of esters is 1. The SMILES string of the molecule is COc1ccc(C(=O)OCC(=O)Nc2cc(C)ccc2C)cc1S(=O)(=O)N1CCCCCC1. The molecular weight excluding hydrogens is 444 g/mol. The van der Waals surface area contributed by atoms with Crippen LogP contribution in [0.1, 0.15) is 47.2 Å². The van der Waals surface area contributed by atoms with Crippen molar-refractivity contribution in [2.45, 2.75) is 44.4 Å². The van der Waals surface area contributed by atoms with E-state index in [1.807, 2.05) is 32.0 Å². The molecule has 1 heterocycles. The third-order valence-corrected chi connectivity index (χ3v) is 7.50. The molecule has 2 aromatic rings. The third-order valence-electron chi connectivity index (χ3n) is 5.58. The summed E-state index contributed by atoms with van der Waals surface area (Å²) in [5, 5.41) is 2.72. The van der Waals surface area contributed by atoms with Gasteiger partial charge in [0.15, 0.2) is 6.61 Å². The van der Waals surface area contributed by atoms with E-state index in [1.54, 1.807) is 0 Å². The van der Waals surface area contributed by atoms with Crippen LogP contribution in [-0.2, 0) is 19.6 Å². The highest BCUT2D eigenvalue weighted by Gasteiger charge is 2.29. The van der Waals surface area contributed by atoms with Crippen molar-refractivity contribution in [2.75, 3.05) is 32.1 Å². The molecule has 0 aliphatic carbocycles. The summed E-state index contributed by atoms with van der Waals surface area (Å²) >= 11 is 0. The molecule has 1 amide bonds. The monoisotopic (exact) mass is 474 g/mol. The Labute approximate surface area is 194 Å². The molecule has 1 aliphatic heterocycles. The zero-order valence-corrected chi connectivity index (χ0v) is 20.0. The van der Waals surface area contributed by atoms with Crippen molar-refractivity contribution in [1.82, 2.24) is 4.31 Å². The molecule has 8 nitrogen and oxygen atoms in total. The molecular formula is C24H30N2O6S. The number of aryl methyl sites for hydroxylation is 2. The van der Waals surface area contributed by atoms with Crippen molar-refractivity contribution < 1.29 is 27.5 Å². The number of amides is 1. The molecule has 0 aromatic heterocycles. The van der Waals surface area contributed by atoms with Crippen LogP contribution in [0, 0.1) is 13.8 Å². The van der Waals surface area contributed by atoms with Gasteiger partial charge in [0.1, 0.15) is 10.6 Å². The lowest BCUT2D eigenvalue weighted by molar-refractivity contribution is -0.119. The van der Waals surface area contributed by atoms with Gasteiger partial charge >= 0.3 is 5.97 Å². The summed E-state index contributed by atoms with van der Waals surface area (Å²) in [5.41, 5.74) is 2.55. The van der Waals surface area contributed by atoms with Crippen molar-refractivity contribution in [3.05, 3.63) is 53.1 Å². The number of nitrogens with one attached hydrogen (secondary N) is 1. The first kappa shape index (κ1) is 24.7. The van der Waals surface area contributed by atoms with Crippen LogP contribution in [0.4, 0.5) is 5.69 Å². The second kappa shape index (κ2) is 10.8. The maximum Gasteiger partial charge on any atom is 0.338 e. The van der Waals surface area contributed by atoms with E-state index >= 15 is 0 Å². The Morgan fingerprint density at radius 3 is 2.36 bits per heavy atom. The van der Waals surface area contributed by atoms with Gasteiger partial charge in [0.05, 0.1) is 12.7 Å². The number of rotatable bonds is 7. The van der Waals surface area contributed by atoms with Crippen LogP contribution in [0.25, 0.3) is 0 Å². The lowest BCUT2D eigenvalue weighted by Gasteiger charge is -2.21. The van der Waals surface area contributed by atoms with Gasteiger partial charge in [-0.25, -0.2) is 13.2 Å². The fourth-order valence-electron chi connectivity index (χ4n) is 3.70. The van der Waals surface area contributed by atoms with Gasteiger partial charge in [0, 0.05) is 18.8 Å². The van der Waals surface area contributed by atoms with Crippen molar-refractivity contribution >= 4 is 27.6 Å². The second-order valence-electron chi connectivity index (χ2n) is 8.13. The van der Waals surface area contributed by atoms with Gasteiger partial charge in [-0.15, -0.1) is 0 Å². The Kier molecular flexibility index (Phi) is 8.10. The molecule has 33 heavy (non-hydrogen) atoms. The Morgan fingerprint density at radius 1 is 1.00 bits per heavy atom. The van der Waals surface area contributed by atoms with E-state index in [2.05, 4.69) is 5.32 Å². The third kappa shape index (κ3) is 6.11. The van der Waals surface area contributed by atoms with Crippen LogP contribution >= 0.6 is 0 Å². The highest BCUT2D eigenvalue weighted by atomic mass is 32.2. The van der Waals surface area contributed by atoms with Crippen molar-refractivity contribution in [3.63, 3.8) is 0 Å². The maximum atomic E-state index is 13.3. The summed E-state index contributed by atoms with van der Waals surface area (Å²) in [6.45, 7) is 4.14. The number of carbonyl (C=O) groups excluding carboxylic acids is 2. The molecule has 0 saturated carbocycles. The van der Waals surface area contributed by atoms with Crippen molar-refractivity contribution in [1.29, 1.82) is 0 Å². The van der Waals surface area contributed by atoms with E-state index in [-0.39, 0.29) is 16.2 Å². The largest absolute Gasteiger partial charge is 0.495 e.